The Bertz CT molecular complexity index is 231. The standard InChI is InChI=1S/C9H15NO3/c10-5-9(2-8(11)12)1-6-3-13-4-7(6)9/h6-7H,1-5,10H2,(H,11,12)/t6-,7+,9+/m0/s1. The van der Waals surface area contributed by atoms with Crippen molar-refractivity contribution in [2.75, 3.05) is 19.8 Å². The fourth-order valence-electron chi connectivity index (χ4n) is 2.80. The lowest BCUT2D eigenvalue weighted by atomic mass is 9.53. The Labute approximate surface area is 77.1 Å². The van der Waals surface area contributed by atoms with Gasteiger partial charge in [0.15, 0.2) is 0 Å². The maximum atomic E-state index is 10.7. The van der Waals surface area contributed by atoms with E-state index in [1.165, 1.54) is 0 Å². The van der Waals surface area contributed by atoms with Crippen LogP contribution in [0.15, 0.2) is 0 Å². The first-order chi connectivity index (χ1) is 6.18. The molecule has 0 aromatic heterocycles. The summed E-state index contributed by atoms with van der Waals surface area (Å²) < 4.78 is 5.32. The maximum Gasteiger partial charge on any atom is 0.303 e. The molecule has 0 aromatic carbocycles. The van der Waals surface area contributed by atoms with Crippen LogP contribution in [-0.2, 0) is 9.53 Å². The molecular formula is C9H15NO3. The fourth-order valence-corrected chi connectivity index (χ4v) is 2.80. The largest absolute Gasteiger partial charge is 0.481 e. The van der Waals surface area contributed by atoms with Crippen LogP contribution in [0.25, 0.3) is 0 Å². The van der Waals surface area contributed by atoms with E-state index < -0.39 is 5.97 Å². The fraction of sp³-hybridized carbons (Fsp3) is 0.889. The van der Waals surface area contributed by atoms with Gasteiger partial charge in [0.1, 0.15) is 0 Å². The lowest BCUT2D eigenvalue weighted by Gasteiger charge is -2.50. The van der Waals surface area contributed by atoms with Gasteiger partial charge in [0, 0.05) is 6.61 Å². The number of carboxylic acids is 1. The van der Waals surface area contributed by atoms with E-state index >= 15 is 0 Å². The second kappa shape index (κ2) is 2.96. The van der Waals surface area contributed by atoms with Crippen LogP contribution in [0.1, 0.15) is 12.8 Å². The quantitative estimate of drug-likeness (QED) is 0.652. The second-order valence-electron chi connectivity index (χ2n) is 4.25. The molecule has 1 saturated carbocycles. The van der Waals surface area contributed by atoms with Crippen molar-refractivity contribution < 1.29 is 14.6 Å². The van der Waals surface area contributed by atoms with Gasteiger partial charge in [-0.3, -0.25) is 4.79 Å². The molecule has 3 atom stereocenters. The summed E-state index contributed by atoms with van der Waals surface area (Å²) in [6, 6.07) is 0. The highest BCUT2D eigenvalue weighted by Crippen LogP contribution is 2.55. The number of aliphatic carboxylic acids is 1. The van der Waals surface area contributed by atoms with Gasteiger partial charge < -0.3 is 15.6 Å². The lowest BCUT2D eigenvalue weighted by molar-refractivity contribution is -0.144. The van der Waals surface area contributed by atoms with Gasteiger partial charge in [-0.1, -0.05) is 0 Å². The van der Waals surface area contributed by atoms with Crippen LogP contribution < -0.4 is 5.73 Å². The molecule has 1 heterocycles. The van der Waals surface area contributed by atoms with Gasteiger partial charge in [-0.2, -0.15) is 0 Å². The minimum atomic E-state index is -0.740. The van der Waals surface area contributed by atoms with E-state index in [2.05, 4.69) is 0 Å². The summed E-state index contributed by atoms with van der Waals surface area (Å²) in [5.74, 6) is 0.229. The van der Waals surface area contributed by atoms with E-state index in [1.54, 1.807) is 0 Å². The molecule has 2 aliphatic rings. The van der Waals surface area contributed by atoms with E-state index in [9.17, 15) is 4.79 Å². The molecule has 1 aliphatic heterocycles. The zero-order valence-corrected chi connectivity index (χ0v) is 7.53. The van der Waals surface area contributed by atoms with E-state index in [0.717, 1.165) is 13.0 Å². The van der Waals surface area contributed by atoms with Crippen molar-refractivity contribution in [2.45, 2.75) is 12.8 Å². The van der Waals surface area contributed by atoms with Gasteiger partial charge in [0.05, 0.1) is 13.0 Å². The summed E-state index contributed by atoms with van der Waals surface area (Å²) in [6.45, 7) is 1.98. The van der Waals surface area contributed by atoms with Gasteiger partial charge in [-0.15, -0.1) is 0 Å². The molecule has 13 heavy (non-hydrogen) atoms. The predicted octanol–water partition coefficient (Wildman–Crippen LogP) is 0.0725. The second-order valence-corrected chi connectivity index (χ2v) is 4.25. The molecule has 4 nitrogen and oxygen atoms in total. The monoisotopic (exact) mass is 185 g/mol. The molecule has 0 radical (unpaired) electrons. The summed E-state index contributed by atoms with van der Waals surface area (Å²) in [5.41, 5.74) is 5.49. The summed E-state index contributed by atoms with van der Waals surface area (Å²) >= 11 is 0. The van der Waals surface area contributed by atoms with Crippen LogP contribution >= 0.6 is 0 Å². The van der Waals surface area contributed by atoms with Gasteiger partial charge >= 0.3 is 5.97 Å². The number of fused-ring (bicyclic) bond motifs is 1. The molecule has 2 rings (SSSR count). The third-order valence-corrected chi connectivity index (χ3v) is 3.56. The van der Waals surface area contributed by atoms with E-state index in [-0.39, 0.29) is 11.8 Å². The topological polar surface area (TPSA) is 72.6 Å². The Morgan fingerprint density at radius 2 is 2.38 bits per heavy atom. The van der Waals surface area contributed by atoms with Crippen molar-refractivity contribution in [3.05, 3.63) is 0 Å². The zero-order chi connectivity index (χ0) is 9.47. The third kappa shape index (κ3) is 1.25. The Hall–Kier alpha value is -0.610. The molecule has 1 saturated heterocycles. The van der Waals surface area contributed by atoms with Gasteiger partial charge in [-0.25, -0.2) is 0 Å². The Morgan fingerprint density at radius 3 is 2.92 bits per heavy atom. The van der Waals surface area contributed by atoms with Crippen LogP contribution in [0, 0.1) is 17.3 Å². The number of hydrogen-bond donors (Lipinski definition) is 2. The summed E-state index contributed by atoms with van der Waals surface area (Å²) in [7, 11) is 0. The molecule has 2 fully saturated rings. The molecule has 1 aliphatic carbocycles. The SMILES string of the molecule is NC[C@]1(CC(=O)O)C[C@H]2COC[C@H]21. The number of carbonyl (C=O) groups is 1. The number of hydrogen-bond acceptors (Lipinski definition) is 3. The predicted molar refractivity (Wildman–Crippen MR) is 46.2 cm³/mol. The number of nitrogens with two attached hydrogens (primary N) is 1. The average Bonchev–Trinajstić information content (AvgIpc) is 2.43. The highest BCUT2D eigenvalue weighted by Gasteiger charge is 2.56. The van der Waals surface area contributed by atoms with Crippen molar-refractivity contribution in [1.29, 1.82) is 0 Å². The first kappa shape index (κ1) is 8.97. The Balaban J connectivity index is 2.05. The van der Waals surface area contributed by atoms with Crippen LogP contribution in [0.4, 0.5) is 0 Å². The smallest absolute Gasteiger partial charge is 0.303 e. The van der Waals surface area contributed by atoms with Crippen LogP contribution in [0.3, 0.4) is 0 Å². The summed E-state index contributed by atoms with van der Waals surface area (Å²) in [4.78, 5) is 10.7. The molecule has 0 unspecified atom stereocenters. The van der Waals surface area contributed by atoms with Gasteiger partial charge in [-0.05, 0) is 30.2 Å². The van der Waals surface area contributed by atoms with Gasteiger partial charge in [0.2, 0.25) is 0 Å². The maximum absolute atomic E-state index is 10.7. The highest BCUT2D eigenvalue weighted by molar-refractivity contribution is 5.68. The van der Waals surface area contributed by atoms with Crippen LogP contribution in [-0.4, -0.2) is 30.8 Å². The number of carboxylic acid groups (broad SMARTS) is 1. The lowest BCUT2D eigenvalue weighted by Crippen LogP contribution is -2.53. The first-order valence-corrected chi connectivity index (χ1v) is 4.67. The summed E-state index contributed by atoms with van der Waals surface area (Å²) in [5, 5.41) is 8.77. The normalized spacial score (nSPS) is 42.5. The van der Waals surface area contributed by atoms with E-state index in [1.807, 2.05) is 0 Å². The number of rotatable bonds is 3. The minimum absolute atomic E-state index is 0.160. The molecule has 0 spiro atoms. The number of ether oxygens (including phenoxy) is 1. The van der Waals surface area contributed by atoms with Crippen molar-refractivity contribution in [1.82, 2.24) is 0 Å². The van der Waals surface area contributed by atoms with Crippen LogP contribution in [0.5, 0.6) is 0 Å². The van der Waals surface area contributed by atoms with Crippen LogP contribution in [0.2, 0.25) is 0 Å². The molecular weight excluding hydrogens is 170 g/mol. The van der Waals surface area contributed by atoms with Gasteiger partial charge in [0.25, 0.3) is 0 Å². The highest BCUT2D eigenvalue weighted by atomic mass is 16.5. The van der Waals surface area contributed by atoms with Crippen molar-refractivity contribution in [3.63, 3.8) is 0 Å². The third-order valence-electron chi connectivity index (χ3n) is 3.56. The minimum Gasteiger partial charge on any atom is -0.481 e. The van der Waals surface area contributed by atoms with Crippen molar-refractivity contribution in [2.24, 2.45) is 23.0 Å². The van der Waals surface area contributed by atoms with E-state index in [0.29, 0.717) is 25.0 Å². The van der Waals surface area contributed by atoms with E-state index in [4.69, 9.17) is 15.6 Å². The molecule has 0 bridgehead atoms. The molecule has 4 heteroatoms. The van der Waals surface area contributed by atoms with Crippen molar-refractivity contribution in [3.8, 4) is 0 Å². The summed E-state index contributed by atoms with van der Waals surface area (Å²) in [6.07, 6.45) is 1.13. The Morgan fingerprint density at radius 1 is 1.62 bits per heavy atom. The Kier molecular flexibility index (Phi) is 2.04. The average molecular weight is 185 g/mol. The molecule has 3 N–H and O–H groups in total. The zero-order valence-electron chi connectivity index (χ0n) is 7.53. The first-order valence-electron chi connectivity index (χ1n) is 4.67. The molecule has 0 aromatic rings. The van der Waals surface area contributed by atoms with Crippen molar-refractivity contribution >= 4 is 5.97 Å². The molecule has 74 valence electrons. The molecule has 0 amide bonds.